The third-order valence-corrected chi connectivity index (χ3v) is 3.30. The standard InChI is InChI=1S/C14H18F3NO/c15-14(16,17)10-13(11-4-2-1-3-5-11)18-12-6-8-19-9-7-12/h1-5,12-13,18H,6-10H2. The summed E-state index contributed by atoms with van der Waals surface area (Å²) in [5.41, 5.74) is 0.686. The molecule has 1 aliphatic heterocycles. The second-order valence-electron chi connectivity index (χ2n) is 4.84. The summed E-state index contributed by atoms with van der Waals surface area (Å²) in [6.45, 7) is 1.23. The van der Waals surface area contributed by atoms with Crippen molar-refractivity contribution >= 4 is 0 Å². The van der Waals surface area contributed by atoms with Crippen LogP contribution in [-0.4, -0.2) is 25.4 Å². The summed E-state index contributed by atoms with van der Waals surface area (Å²) < 4.78 is 43.3. The van der Waals surface area contributed by atoms with Crippen molar-refractivity contribution in [2.45, 2.75) is 37.5 Å². The van der Waals surface area contributed by atoms with Gasteiger partial charge in [0.25, 0.3) is 0 Å². The molecule has 19 heavy (non-hydrogen) atoms. The molecule has 1 atom stereocenters. The van der Waals surface area contributed by atoms with Crippen LogP contribution < -0.4 is 5.32 Å². The van der Waals surface area contributed by atoms with Gasteiger partial charge in [0, 0.05) is 25.3 Å². The molecule has 0 radical (unpaired) electrons. The smallest absolute Gasteiger partial charge is 0.381 e. The summed E-state index contributed by atoms with van der Waals surface area (Å²) in [5.74, 6) is 0. The Balaban J connectivity index is 2.05. The van der Waals surface area contributed by atoms with Crippen LogP contribution in [0.2, 0.25) is 0 Å². The maximum atomic E-state index is 12.7. The molecule has 2 nitrogen and oxygen atoms in total. The molecule has 0 spiro atoms. The van der Waals surface area contributed by atoms with Crippen molar-refractivity contribution in [2.75, 3.05) is 13.2 Å². The van der Waals surface area contributed by atoms with E-state index in [2.05, 4.69) is 5.32 Å². The van der Waals surface area contributed by atoms with Crippen molar-refractivity contribution in [1.29, 1.82) is 0 Å². The van der Waals surface area contributed by atoms with Gasteiger partial charge >= 0.3 is 6.18 Å². The van der Waals surface area contributed by atoms with E-state index in [0.29, 0.717) is 18.8 Å². The molecule has 1 aromatic carbocycles. The number of rotatable bonds is 4. The largest absolute Gasteiger partial charge is 0.390 e. The van der Waals surface area contributed by atoms with Crippen LogP contribution in [0.5, 0.6) is 0 Å². The Labute approximate surface area is 111 Å². The van der Waals surface area contributed by atoms with E-state index in [-0.39, 0.29) is 6.04 Å². The highest BCUT2D eigenvalue weighted by Crippen LogP contribution is 2.30. The van der Waals surface area contributed by atoms with Crippen LogP contribution in [0.15, 0.2) is 30.3 Å². The Hall–Kier alpha value is -1.07. The number of alkyl halides is 3. The minimum atomic E-state index is -4.17. The first kappa shape index (κ1) is 14.3. The van der Waals surface area contributed by atoms with Crippen molar-refractivity contribution in [3.05, 3.63) is 35.9 Å². The predicted molar refractivity (Wildman–Crippen MR) is 66.8 cm³/mol. The maximum Gasteiger partial charge on any atom is 0.390 e. The van der Waals surface area contributed by atoms with Gasteiger partial charge in [-0.25, -0.2) is 0 Å². The number of ether oxygens (including phenoxy) is 1. The Morgan fingerprint density at radius 1 is 1.16 bits per heavy atom. The minimum Gasteiger partial charge on any atom is -0.381 e. The van der Waals surface area contributed by atoms with Gasteiger partial charge in [-0.05, 0) is 18.4 Å². The zero-order valence-electron chi connectivity index (χ0n) is 10.6. The Morgan fingerprint density at radius 2 is 1.79 bits per heavy atom. The van der Waals surface area contributed by atoms with Crippen LogP contribution in [0.1, 0.15) is 30.9 Å². The van der Waals surface area contributed by atoms with Crippen molar-refractivity contribution in [3.63, 3.8) is 0 Å². The average Bonchev–Trinajstić information content (AvgIpc) is 2.39. The van der Waals surface area contributed by atoms with Gasteiger partial charge in [-0.3, -0.25) is 0 Å². The monoisotopic (exact) mass is 273 g/mol. The predicted octanol–water partition coefficient (Wildman–Crippen LogP) is 3.45. The lowest BCUT2D eigenvalue weighted by Crippen LogP contribution is -2.39. The van der Waals surface area contributed by atoms with E-state index in [9.17, 15) is 13.2 Å². The van der Waals surface area contributed by atoms with Gasteiger partial charge in [0.2, 0.25) is 0 Å². The fourth-order valence-corrected chi connectivity index (χ4v) is 2.34. The van der Waals surface area contributed by atoms with Crippen molar-refractivity contribution < 1.29 is 17.9 Å². The quantitative estimate of drug-likeness (QED) is 0.907. The van der Waals surface area contributed by atoms with Gasteiger partial charge in [-0.2, -0.15) is 13.2 Å². The lowest BCUT2D eigenvalue weighted by Gasteiger charge is -2.29. The molecule has 1 fully saturated rings. The second kappa shape index (κ2) is 6.39. The van der Waals surface area contributed by atoms with Gasteiger partial charge < -0.3 is 10.1 Å². The molecule has 0 saturated carbocycles. The van der Waals surface area contributed by atoms with E-state index >= 15 is 0 Å². The maximum absolute atomic E-state index is 12.7. The molecule has 1 aliphatic rings. The molecule has 0 aromatic heterocycles. The third-order valence-electron chi connectivity index (χ3n) is 3.30. The highest BCUT2D eigenvalue weighted by molar-refractivity contribution is 5.19. The summed E-state index contributed by atoms with van der Waals surface area (Å²) in [5, 5.41) is 3.13. The number of halogens is 3. The van der Waals surface area contributed by atoms with Crippen molar-refractivity contribution in [2.24, 2.45) is 0 Å². The van der Waals surface area contributed by atoms with E-state index in [1.54, 1.807) is 24.3 Å². The summed E-state index contributed by atoms with van der Waals surface area (Å²) >= 11 is 0. The van der Waals surface area contributed by atoms with Crippen LogP contribution in [0, 0.1) is 0 Å². The molecule has 106 valence electrons. The molecule has 0 amide bonds. The van der Waals surface area contributed by atoms with E-state index in [0.717, 1.165) is 12.8 Å². The Morgan fingerprint density at radius 3 is 2.37 bits per heavy atom. The first-order chi connectivity index (χ1) is 9.04. The number of nitrogens with one attached hydrogen (secondary N) is 1. The second-order valence-corrected chi connectivity index (χ2v) is 4.84. The van der Waals surface area contributed by atoms with Crippen LogP contribution in [0.25, 0.3) is 0 Å². The van der Waals surface area contributed by atoms with Crippen LogP contribution >= 0.6 is 0 Å². The zero-order valence-corrected chi connectivity index (χ0v) is 10.6. The molecule has 1 aromatic rings. The van der Waals surface area contributed by atoms with Gasteiger partial charge in [-0.1, -0.05) is 30.3 Å². The number of hydrogen-bond acceptors (Lipinski definition) is 2. The Kier molecular flexibility index (Phi) is 4.82. The van der Waals surface area contributed by atoms with Gasteiger partial charge in [0.1, 0.15) is 0 Å². The van der Waals surface area contributed by atoms with E-state index in [1.165, 1.54) is 0 Å². The summed E-state index contributed by atoms with van der Waals surface area (Å²) in [6, 6.07) is 8.24. The number of benzene rings is 1. The van der Waals surface area contributed by atoms with Gasteiger partial charge in [0.05, 0.1) is 6.42 Å². The van der Waals surface area contributed by atoms with Crippen molar-refractivity contribution in [3.8, 4) is 0 Å². The van der Waals surface area contributed by atoms with E-state index in [1.807, 2.05) is 6.07 Å². The molecule has 1 unspecified atom stereocenters. The summed E-state index contributed by atoms with van der Waals surface area (Å²) in [4.78, 5) is 0. The first-order valence-electron chi connectivity index (χ1n) is 6.50. The fraction of sp³-hybridized carbons (Fsp3) is 0.571. The molecule has 2 rings (SSSR count). The zero-order chi connectivity index (χ0) is 13.7. The molecule has 1 N–H and O–H groups in total. The average molecular weight is 273 g/mol. The number of hydrogen-bond donors (Lipinski definition) is 1. The van der Waals surface area contributed by atoms with E-state index < -0.39 is 18.6 Å². The molecule has 0 aliphatic carbocycles. The molecular formula is C14H18F3NO. The van der Waals surface area contributed by atoms with Crippen molar-refractivity contribution in [1.82, 2.24) is 5.32 Å². The lowest BCUT2D eigenvalue weighted by atomic mass is 10.00. The van der Waals surface area contributed by atoms with E-state index in [4.69, 9.17) is 4.74 Å². The first-order valence-corrected chi connectivity index (χ1v) is 6.50. The minimum absolute atomic E-state index is 0.0984. The highest BCUT2D eigenvalue weighted by Gasteiger charge is 2.33. The normalized spacial score (nSPS) is 19.3. The topological polar surface area (TPSA) is 21.3 Å². The van der Waals surface area contributed by atoms with Crippen LogP contribution in [-0.2, 0) is 4.74 Å². The SMILES string of the molecule is FC(F)(F)CC(NC1CCOCC1)c1ccccc1. The third kappa shape index (κ3) is 4.84. The summed E-state index contributed by atoms with van der Waals surface area (Å²) in [7, 11) is 0. The Bertz CT molecular complexity index is 374. The van der Waals surface area contributed by atoms with Crippen LogP contribution in [0.3, 0.4) is 0 Å². The van der Waals surface area contributed by atoms with Gasteiger partial charge in [-0.15, -0.1) is 0 Å². The lowest BCUT2D eigenvalue weighted by molar-refractivity contribution is -0.141. The molecule has 5 heteroatoms. The van der Waals surface area contributed by atoms with Crippen LogP contribution in [0.4, 0.5) is 13.2 Å². The molecule has 1 saturated heterocycles. The molecule has 1 heterocycles. The highest BCUT2D eigenvalue weighted by atomic mass is 19.4. The summed E-state index contributed by atoms with van der Waals surface area (Å²) in [6.07, 6.45) is -3.48. The fourth-order valence-electron chi connectivity index (χ4n) is 2.34. The van der Waals surface area contributed by atoms with Gasteiger partial charge in [0.15, 0.2) is 0 Å². The molecular weight excluding hydrogens is 255 g/mol. The molecule has 0 bridgehead atoms.